The average molecular weight is 311 g/mol. The van der Waals surface area contributed by atoms with Gasteiger partial charge in [-0.3, -0.25) is 4.79 Å². The molecule has 7 heteroatoms. The number of hydrogen-bond acceptors (Lipinski definition) is 4. The number of benzene rings is 1. The van der Waals surface area contributed by atoms with Gasteiger partial charge in [0.1, 0.15) is 0 Å². The lowest BCUT2D eigenvalue weighted by molar-refractivity contribution is 0.0827. The van der Waals surface area contributed by atoms with Crippen molar-refractivity contribution in [1.82, 2.24) is 14.5 Å². The highest BCUT2D eigenvalue weighted by molar-refractivity contribution is 7.89. The molecule has 1 aliphatic rings. The van der Waals surface area contributed by atoms with Gasteiger partial charge in [0.25, 0.3) is 5.91 Å². The van der Waals surface area contributed by atoms with Gasteiger partial charge in [-0.15, -0.1) is 0 Å². The number of rotatable bonds is 3. The highest BCUT2D eigenvalue weighted by atomic mass is 32.2. The molecule has 0 spiro atoms. The van der Waals surface area contributed by atoms with Crippen LogP contribution in [0.2, 0.25) is 0 Å². The molecule has 0 atom stereocenters. The molecule has 1 aliphatic heterocycles. The zero-order valence-electron chi connectivity index (χ0n) is 12.4. The molecule has 1 N–H and O–H groups in total. The Morgan fingerprint density at radius 1 is 1.14 bits per heavy atom. The number of carbonyl (C=O) groups is 1. The van der Waals surface area contributed by atoms with Crippen LogP contribution in [-0.2, 0) is 10.0 Å². The molecule has 0 unspecified atom stereocenters. The minimum absolute atomic E-state index is 0.141. The van der Waals surface area contributed by atoms with Crippen LogP contribution in [0.1, 0.15) is 16.8 Å². The van der Waals surface area contributed by atoms with Crippen molar-refractivity contribution in [3.63, 3.8) is 0 Å². The van der Waals surface area contributed by atoms with Crippen molar-refractivity contribution < 1.29 is 13.2 Å². The molecule has 1 heterocycles. The van der Waals surface area contributed by atoms with E-state index in [4.69, 9.17) is 0 Å². The molecular formula is C14H21N3O3S. The maximum absolute atomic E-state index is 12.6. The van der Waals surface area contributed by atoms with Crippen molar-refractivity contribution in [1.29, 1.82) is 0 Å². The minimum atomic E-state index is -3.48. The van der Waals surface area contributed by atoms with Gasteiger partial charge in [-0.05, 0) is 37.2 Å². The van der Waals surface area contributed by atoms with Crippen LogP contribution in [0.3, 0.4) is 0 Å². The molecular weight excluding hydrogens is 290 g/mol. The Hall–Kier alpha value is -1.44. The van der Waals surface area contributed by atoms with Gasteiger partial charge in [-0.2, -0.15) is 4.31 Å². The Balaban J connectivity index is 2.22. The summed E-state index contributed by atoms with van der Waals surface area (Å²) < 4.78 is 26.6. The Kier molecular flexibility index (Phi) is 4.97. The summed E-state index contributed by atoms with van der Waals surface area (Å²) >= 11 is 0. The summed E-state index contributed by atoms with van der Waals surface area (Å²) in [5.74, 6) is -0.141. The first kappa shape index (κ1) is 15.9. The Bertz CT molecular complexity index is 588. The van der Waals surface area contributed by atoms with E-state index in [1.54, 1.807) is 26.2 Å². The second-order valence-electron chi connectivity index (χ2n) is 5.23. The molecule has 1 saturated heterocycles. The van der Waals surface area contributed by atoms with Crippen molar-refractivity contribution in [2.75, 3.05) is 40.3 Å². The molecule has 1 amide bonds. The van der Waals surface area contributed by atoms with E-state index in [0.717, 1.165) is 13.0 Å². The molecule has 1 aromatic carbocycles. The van der Waals surface area contributed by atoms with E-state index < -0.39 is 10.0 Å². The molecule has 6 nitrogen and oxygen atoms in total. The number of nitrogens with one attached hydrogen (secondary N) is 1. The van der Waals surface area contributed by atoms with Gasteiger partial charge >= 0.3 is 0 Å². The van der Waals surface area contributed by atoms with Gasteiger partial charge < -0.3 is 10.2 Å². The van der Waals surface area contributed by atoms with E-state index in [1.165, 1.54) is 21.3 Å². The highest BCUT2D eigenvalue weighted by Gasteiger charge is 2.25. The number of sulfonamides is 1. The normalized spacial score (nSPS) is 17.2. The van der Waals surface area contributed by atoms with Crippen LogP contribution in [0.15, 0.2) is 29.2 Å². The van der Waals surface area contributed by atoms with Gasteiger partial charge in [0.15, 0.2) is 0 Å². The first-order valence-corrected chi connectivity index (χ1v) is 8.39. The largest absolute Gasteiger partial charge is 0.345 e. The highest BCUT2D eigenvalue weighted by Crippen LogP contribution is 2.17. The second-order valence-corrected chi connectivity index (χ2v) is 7.17. The van der Waals surface area contributed by atoms with Crippen molar-refractivity contribution in [2.45, 2.75) is 11.3 Å². The van der Waals surface area contributed by atoms with Crippen LogP contribution in [-0.4, -0.2) is 63.8 Å². The molecule has 116 valence electrons. The maximum atomic E-state index is 12.6. The fourth-order valence-electron chi connectivity index (χ4n) is 2.24. The molecule has 21 heavy (non-hydrogen) atoms. The first-order chi connectivity index (χ1) is 9.93. The molecule has 2 rings (SSSR count). The number of carbonyl (C=O) groups excluding carboxylic acids is 1. The minimum Gasteiger partial charge on any atom is -0.345 e. The summed E-state index contributed by atoms with van der Waals surface area (Å²) in [5, 5.41) is 3.18. The summed E-state index contributed by atoms with van der Waals surface area (Å²) in [6.45, 7) is 2.49. The van der Waals surface area contributed by atoms with E-state index in [-0.39, 0.29) is 10.8 Å². The van der Waals surface area contributed by atoms with E-state index in [2.05, 4.69) is 5.32 Å². The lowest BCUT2D eigenvalue weighted by Gasteiger charge is -2.19. The van der Waals surface area contributed by atoms with Crippen LogP contribution < -0.4 is 5.32 Å². The van der Waals surface area contributed by atoms with Crippen molar-refractivity contribution in [2.24, 2.45) is 0 Å². The third kappa shape index (κ3) is 3.61. The fraction of sp³-hybridized carbons (Fsp3) is 0.500. The predicted octanol–water partition coefficient (Wildman–Crippen LogP) is 0.372. The van der Waals surface area contributed by atoms with Crippen molar-refractivity contribution in [3.05, 3.63) is 29.8 Å². The van der Waals surface area contributed by atoms with Crippen molar-refractivity contribution in [3.8, 4) is 0 Å². The van der Waals surface area contributed by atoms with Gasteiger partial charge in [0.2, 0.25) is 10.0 Å². The predicted molar refractivity (Wildman–Crippen MR) is 80.7 cm³/mol. The quantitative estimate of drug-likeness (QED) is 0.876. The van der Waals surface area contributed by atoms with Gasteiger partial charge in [0, 0.05) is 39.3 Å². The SMILES string of the molecule is CN(C)C(=O)c1ccc(S(=O)(=O)N2CCCNCC2)cc1. The van der Waals surface area contributed by atoms with Crippen LogP contribution in [0, 0.1) is 0 Å². The Morgan fingerprint density at radius 2 is 1.81 bits per heavy atom. The van der Waals surface area contributed by atoms with Crippen LogP contribution in [0.25, 0.3) is 0 Å². The van der Waals surface area contributed by atoms with E-state index in [1.807, 2.05) is 0 Å². The third-order valence-electron chi connectivity index (χ3n) is 3.44. The third-order valence-corrected chi connectivity index (χ3v) is 5.36. The summed E-state index contributed by atoms with van der Waals surface area (Å²) in [6.07, 6.45) is 0.802. The zero-order valence-corrected chi connectivity index (χ0v) is 13.2. The molecule has 1 aromatic rings. The monoisotopic (exact) mass is 311 g/mol. The lowest BCUT2D eigenvalue weighted by atomic mass is 10.2. The molecule has 0 aliphatic carbocycles. The van der Waals surface area contributed by atoms with E-state index in [0.29, 0.717) is 25.2 Å². The summed E-state index contributed by atoms with van der Waals surface area (Å²) in [5.41, 5.74) is 0.483. The summed E-state index contributed by atoms with van der Waals surface area (Å²) in [6, 6.07) is 6.13. The van der Waals surface area contributed by atoms with E-state index >= 15 is 0 Å². The van der Waals surface area contributed by atoms with Gasteiger partial charge in [-0.25, -0.2) is 8.42 Å². The maximum Gasteiger partial charge on any atom is 0.253 e. The molecule has 0 saturated carbocycles. The smallest absolute Gasteiger partial charge is 0.253 e. The number of amides is 1. The molecule has 0 bridgehead atoms. The Labute approximate surface area is 125 Å². The topological polar surface area (TPSA) is 69.7 Å². The van der Waals surface area contributed by atoms with Crippen LogP contribution in [0.5, 0.6) is 0 Å². The fourth-order valence-corrected chi connectivity index (χ4v) is 3.72. The lowest BCUT2D eigenvalue weighted by Crippen LogP contribution is -2.34. The number of hydrogen-bond donors (Lipinski definition) is 1. The van der Waals surface area contributed by atoms with Crippen LogP contribution >= 0.6 is 0 Å². The van der Waals surface area contributed by atoms with E-state index in [9.17, 15) is 13.2 Å². The molecule has 0 aromatic heterocycles. The number of nitrogens with zero attached hydrogens (tertiary/aromatic N) is 2. The molecule has 0 radical (unpaired) electrons. The van der Waals surface area contributed by atoms with Crippen LogP contribution in [0.4, 0.5) is 0 Å². The first-order valence-electron chi connectivity index (χ1n) is 6.95. The molecule has 1 fully saturated rings. The van der Waals surface area contributed by atoms with Crippen molar-refractivity contribution >= 4 is 15.9 Å². The zero-order chi connectivity index (χ0) is 15.5. The van der Waals surface area contributed by atoms with Gasteiger partial charge in [-0.1, -0.05) is 0 Å². The Morgan fingerprint density at radius 3 is 2.43 bits per heavy atom. The summed E-state index contributed by atoms with van der Waals surface area (Å²) in [7, 11) is -0.152. The second kappa shape index (κ2) is 6.55. The standard InChI is InChI=1S/C14H21N3O3S/c1-16(2)14(18)12-4-6-13(7-5-12)21(19,20)17-10-3-8-15-9-11-17/h4-7,15H,3,8-11H2,1-2H3. The summed E-state index contributed by atoms with van der Waals surface area (Å²) in [4.78, 5) is 13.5. The van der Waals surface area contributed by atoms with Gasteiger partial charge in [0.05, 0.1) is 4.90 Å². The average Bonchev–Trinajstić information content (AvgIpc) is 2.76.